The van der Waals surface area contributed by atoms with Gasteiger partial charge in [0.1, 0.15) is 6.10 Å². The van der Waals surface area contributed by atoms with Crippen molar-refractivity contribution in [1.29, 1.82) is 0 Å². The van der Waals surface area contributed by atoms with E-state index in [4.69, 9.17) is 9.47 Å². The molecule has 1 saturated carbocycles. The number of likely N-dealkylation sites (N-methyl/N-ethyl adjacent to an activating group) is 1. The molecule has 0 aromatic carbocycles. The summed E-state index contributed by atoms with van der Waals surface area (Å²) in [6, 6.07) is 0.214. The highest BCUT2D eigenvalue weighted by Gasteiger charge is 2.53. The van der Waals surface area contributed by atoms with Crippen LogP contribution < -0.4 is 5.32 Å². The molecule has 1 amide bonds. The van der Waals surface area contributed by atoms with Crippen LogP contribution in [0.4, 0.5) is 0 Å². The summed E-state index contributed by atoms with van der Waals surface area (Å²) in [6.07, 6.45) is 2.89. The Morgan fingerprint density at radius 2 is 2.15 bits per heavy atom. The summed E-state index contributed by atoms with van der Waals surface area (Å²) >= 11 is 0. The summed E-state index contributed by atoms with van der Waals surface area (Å²) in [5, 5.41) is 3.19. The van der Waals surface area contributed by atoms with Crippen LogP contribution in [0.25, 0.3) is 0 Å². The Labute approximate surface area is 122 Å². The monoisotopic (exact) mass is 284 g/mol. The minimum Gasteiger partial charge on any atom is -0.381 e. The molecule has 2 fully saturated rings. The van der Waals surface area contributed by atoms with E-state index >= 15 is 0 Å². The van der Waals surface area contributed by atoms with E-state index in [9.17, 15) is 4.79 Å². The first-order chi connectivity index (χ1) is 9.57. The lowest BCUT2D eigenvalue weighted by molar-refractivity contribution is -0.152. The standard InChI is InChI=1S/C15H28N2O3/c1-5-15(6-2)12(9-13(15)19-4)16-14(18)11-10-17(3)7-8-20-11/h11-13H,5-10H2,1-4H3,(H,16,18)/t11-,12+,13+/m0/s1. The maximum atomic E-state index is 12.4. The van der Waals surface area contributed by atoms with E-state index in [2.05, 4.69) is 24.1 Å². The molecular weight excluding hydrogens is 256 g/mol. The van der Waals surface area contributed by atoms with Gasteiger partial charge in [-0.1, -0.05) is 13.8 Å². The molecule has 0 unspecified atom stereocenters. The third-order valence-corrected chi connectivity index (χ3v) is 5.26. The molecule has 3 atom stereocenters. The first-order valence-electron chi connectivity index (χ1n) is 7.70. The van der Waals surface area contributed by atoms with Crippen molar-refractivity contribution in [3.05, 3.63) is 0 Å². The number of hydrogen-bond acceptors (Lipinski definition) is 4. The molecule has 0 spiro atoms. The summed E-state index contributed by atoms with van der Waals surface area (Å²) in [6.45, 7) is 6.56. The quantitative estimate of drug-likeness (QED) is 0.819. The van der Waals surface area contributed by atoms with Gasteiger partial charge < -0.3 is 19.7 Å². The minimum atomic E-state index is -0.332. The number of carbonyl (C=O) groups excluding carboxylic acids is 1. The third-order valence-electron chi connectivity index (χ3n) is 5.26. The van der Waals surface area contributed by atoms with Gasteiger partial charge in [-0.05, 0) is 26.3 Å². The predicted molar refractivity (Wildman–Crippen MR) is 77.6 cm³/mol. The van der Waals surface area contributed by atoms with E-state index in [-0.39, 0.29) is 29.6 Å². The molecule has 0 bridgehead atoms. The Kier molecular flexibility index (Phi) is 5.04. The lowest BCUT2D eigenvalue weighted by Crippen LogP contribution is -2.65. The Morgan fingerprint density at radius 1 is 1.45 bits per heavy atom. The topological polar surface area (TPSA) is 50.8 Å². The fourth-order valence-corrected chi connectivity index (χ4v) is 3.68. The van der Waals surface area contributed by atoms with Crippen molar-refractivity contribution in [3.63, 3.8) is 0 Å². The second-order valence-electron chi connectivity index (χ2n) is 6.08. The second-order valence-corrected chi connectivity index (χ2v) is 6.08. The zero-order chi connectivity index (χ0) is 14.8. The molecule has 2 aliphatic rings. The van der Waals surface area contributed by atoms with Crippen LogP contribution in [0.15, 0.2) is 0 Å². The predicted octanol–water partition coefficient (Wildman–Crippen LogP) is 1.03. The highest BCUT2D eigenvalue weighted by atomic mass is 16.5. The lowest BCUT2D eigenvalue weighted by atomic mass is 9.58. The van der Waals surface area contributed by atoms with Crippen LogP contribution in [-0.4, -0.2) is 62.9 Å². The van der Waals surface area contributed by atoms with Gasteiger partial charge >= 0.3 is 0 Å². The number of ether oxygens (including phenoxy) is 2. The van der Waals surface area contributed by atoms with Crippen molar-refractivity contribution >= 4 is 5.91 Å². The van der Waals surface area contributed by atoms with Crippen LogP contribution in [0.3, 0.4) is 0 Å². The van der Waals surface area contributed by atoms with Crippen LogP contribution in [-0.2, 0) is 14.3 Å². The molecule has 5 heteroatoms. The van der Waals surface area contributed by atoms with Gasteiger partial charge in [-0.2, -0.15) is 0 Å². The second kappa shape index (κ2) is 6.41. The Bertz CT molecular complexity index is 344. The van der Waals surface area contributed by atoms with Crippen molar-refractivity contribution < 1.29 is 14.3 Å². The number of hydrogen-bond donors (Lipinski definition) is 1. The van der Waals surface area contributed by atoms with Crippen molar-refractivity contribution in [1.82, 2.24) is 10.2 Å². The van der Waals surface area contributed by atoms with Crippen molar-refractivity contribution in [2.45, 2.75) is 51.4 Å². The first-order valence-corrected chi connectivity index (χ1v) is 7.70. The molecule has 116 valence electrons. The van der Waals surface area contributed by atoms with Crippen LogP contribution >= 0.6 is 0 Å². The highest BCUT2D eigenvalue weighted by Crippen LogP contribution is 2.48. The average Bonchev–Trinajstić information content (AvgIpc) is 2.44. The van der Waals surface area contributed by atoms with Gasteiger partial charge in [0.05, 0.1) is 12.7 Å². The number of methoxy groups -OCH3 is 1. The zero-order valence-corrected chi connectivity index (χ0v) is 13.1. The maximum Gasteiger partial charge on any atom is 0.250 e. The number of morpholine rings is 1. The van der Waals surface area contributed by atoms with Gasteiger partial charge in [0.25, 0.3) is 5.91 Å². The lowest BCUT2D eigenvalue weighted by Gasteiger charge is -2.55. The van der Waals surface area contributed by atoms with Crippen LogP contribution in [0.1, 0.15) is 33.1 Å². The Balaban J connectivity index is 1.94. The smallest absolute Gasteiger partial charge is 0.250 e. The summed E-state index contributed by atoms with van der Waals surface area (Å²) in [4.78, 5) is 14.5. The summed E-state index contributed by atoms with van der Waals surface area (Å²) in [5.74, 6) is 0.0300. The minimum absolute atomic E-state index is 0.0300. The van der Waals surface area contributed by atoms with E-state index in [0.29, 0.717) is 13.2 Å². The number of rotatable bonds is 5. The van der Waals surface area contributed by atoms with Crippen molar-refractivity contribution in [3.8, 4) is 0 Å². The maximum absolute atomic E-state index is 12.4. The van der Waals surface area contributed by atoms with E-state index in [1.165, 1.54) is 0 Å². The van der Waals surface area contributed by atoms with Gasteiger partial charge in [0.2, 0.25) is 0 Å². The molecule has 1 heterocycles. The van der Waals surface area contributed by atoms with E-state index < -0.39 is 0 Å². The fourth-order valence-electron chi connectivity index (χ4n) is 3.68. The average molecular weight is 284 g/mol. The van der Waals surface area contributed by atoms with Gasteiger partial charge in [0, 0.05) is 31.7 Å². The Hall–Kier alpha value is -0.650. The number of amides is 1. The molecule has 0 radical (unpaired) electrons. The van der Waals surface area contributed by atoms with Crippen molar-refractivity contribution in [2.24, 2.45) is 5.41 Å². The van der Waals surface area contributed by atoms with Gasteiger partial charge in [-0.15, -0.1) is 0 Å². The number of nitrogens with zero attached hydrogens (tertiary/aromatic N) is 1. The number of nitrogens with one attached hydrogen (secondary N) is 1. The fraction of sp³-hybridized carbons (Fsp3) is 0.933. The highest BCUT2D eigenvalue weighted by molar-refractivity contribution is 5.81. The molecule has 0 aromatic rings. The molecule has 1 N–H and O–H groups in total. The van der Waals surface area contributed by atoms with Gasteiger partial charge in [-0.25, -0.2) is 0 Å². The summed E-state index contributed by atoms with van der Waals surface area (Å²) in [7, 11) is 3.79. The molecule has 2 rings (SSSR count). The van der Waals surface area contributed by atoms with Gasteiger partial charge in [0.15, 0.2) is 0 Å². The third kappa shape index (κ3) is 2.71. The molecule has 1 saturated heterocycles. The SMILES string of the molecule is CCC1(CC)[C@H](NC(=O)[C@@H]2CN(C)CCO2)C[C@H]1OC. The van der Waals surface area contributed by atoms with Gasteiger partial charge in [-0.3, -0.25) is 4.79 Å². The molecule has 0 aromatic heterocycles. The molecule has 1 aliphatic carbocycles. The van der Waals surface area contributed by atoms with Crippen LogP contribution in [0.2, 0.25) is 0 Å². The Morgan fingerprint density at radius 3 is 2.70 bits per heavy atom. The van der Waals surface area contributed by atoms with Crippen LogP contribution in [0.5, 0.6) is 0 Å². The first kappa shape index (κ1) is 15.7. The zero-order valence-electron chi connectivity index (χ0n) is 13.1. The van der Waals surface area contributed by atoms with E-state index in [0.717, 1.165) is 25.8 Å². The molecule has 5 nitrogen and oxygen atoms in total. The van der Waals surface area contributed by atoms with E-state index in [1.807, 2.05) is 7.05 Å². The summed E-state index contributed by atoms with van der Waals surface area (Å²) in [5.41, 5.74) is 0.0883. The molecular formula is C15H28N2O3. The van der Waals surface area contributed by atoms with Crippen LogP contribution in [0, 0.1) is 5.41 Å². The summed E-state index contributed by atoms with van der Waals surface area (Å²) < 4.78 is 11.2. The van der Waals surface area contributed by atoms with Crippen molar-refractivity contribution in [2.75, 3.05) is 33.9 Å². The molecule has 1 aliphatic heterocycles. The molecule has 20 heavy (non-hydrogen) atoms. The van der Waals surface area contributed by atoms with E-state index in [1.54, 1.807) is 7.11 Å². The largest absolute Gasteiger partial charge is 0.381 e. The normalized spacial score (nSPS) is 33.5. The number of carbonyl (C=O) groups is 1.